The molecule has 21 heavy (non-hydrogen) atoms. The highest BCUT2D eigenvalue weighted by atomic mass is 16.5. The monoisotopic (exact) mass is 297 g/mol. The van der Waals surface area contributed by atoms with Gasteiger partial charge >= 0.3 is 5.97 Å². The summed E-state index contributed by atoms with van der Waals surface area (Å²) in [5.74, 6) is 0.717. The van der Waals surface area contributed by atoms with Crippen molar-refractivity contribution in [3.63, 3.8) is 0 Å². The van der Waals surface area contributed by atoms with Crippen LogP contribution in [0.15, 0.2) is 0 Å². The Morgan fingerprint density at radius 1 is 1.19 bits per heavy atom. The van der Waals surface area contributed by atoms with Crippen LogP contribution in [0, 0.1) is 5.92 Å². The first-order valence-corrected chi connectivity index (χ1v) is 8.51. The molecule has 2 heterocycles. The van der Waals surface area contributed by atoms with Gasteiger partial charge in [-0.3, -0.25) is 4.79 Å². The molecule has 0 radical (unpaired) electrons. The van der Waals surface area contributed by atoms with Gasteiger partial charge in [0.1, 0.15) is 6.04 Å². The zero-order chi connectivity index (χ0) is 15.1. The molecule has 2 aliphatic heterocycles. The highest BCUT2D eigenvalue weighted by molar-refractivity contribution is 5.76. The van der Waals surface area contributed by atoms with E-state index in [9.17, 15) is 4.79 Å². The molecule has 0 bridgehead atoms. The van der Waals surface area contributed by atoms with Crippen LogP contribution in [0.5, 0.6) is 0 Å². The number of hydrogen-bond acceptors (Lipinski definition) is 5. The number of carbonyl (C=O) groups is 1. The van der Waals surface area contributed by atoms with Crippen molar-refractivity contribution < 1.29 is 9.53 Å². The predicted octanol–water partition coefficient (Wildman–Crippen LogP) is 0.945. The van der Waals surface area contributed by atoms with Crippen LogP contribution in [-0.4, -0.2) is 74.7 Å². The van der Waals surface area contributed by atoms with Gasteiger partial charge in [0.2, 0.25) is 0 Å². The normalized spacial score (nSPS) is 23.3. The average molecular weight is 297 g/mol. The minimum Gasteiger partial charge on any atom is -0.465 e. The molecule has 0 spiro atoms. The van der Waals surface area contributed by atoms with Gasteiger partial charge in [-0.15, -0.1) is 0 Å². The first kappa shape index (κ1) is 16.7. The van der Waals surface area contributed by atoms with Crippen LogP contribution in [0.1, 0.15) is 32.6 Å². The number of carbonyl (C=O) groups excluding carboxylic acids is 1. The van der Waals surface area contributed by atoms with Crippen molar-refractivity contribution in [2.75, 3.05) is 52.9 Å². The number of likely N-dealkylation sites (tertiary alicyclic amines) is 2. The van der Waals surface area contributed by atoms with E-state index in [2.05, 4.69) is 15.1 Å². The van der Waals surface area contributed by atoms with Crippen molar-refractivity contribution in [1.29, 1.82) is 0 Å². The first-order valence-electron chi connectivity index (χ1n) is 8.51. The summed E-state index contributed by atoms with van der Waals surface area (Å²) in [5.41, 5.74) is 0. The molecule has 1 unspecified atom stereocenters. The summed E-state index contributed by atoms with van der Waals surface area (Å²) in [6.45, 7) is 9.16. The van der Waals surface area contributed by atoms with E-state index in [1.165, 1.54) is 45.3 Å². The van der Waals surface area contributed by atoms with E-state index >= 15 is 0 Å². The summed E-state index contributed by atoms with van der Waals surface area (Å²) >= 11 is 0. The zero-order valence-electron chi connectivity index (χ0n) is 13.6. The quantitative estimate of drug-likeness (QED) is 0.709. The van der Waals surface area contributed by atoms with Crippen LogP contribution in [0.4, 0.5) is 0 Å². The van der Waals surface area contributed by atoms with Gasteiger partial charge in [0.25, 0.3) is 0 Å². The summed E-state index contributed by atoms with van der Waals surface area (Å²) < 4.78 is 5.11. The number of esters is 1. The van der Waals surface area contributed by atoms with E-state index in [0.29, 0.717) is 6.61 Å². The van der Waals surface area contributed by atoms with Gasteiger partial charge < -0.3 is 19.9 Å². The second-order valence-corrected chi connectivity index (χ2v) is 6.35. The van der Waals surface area contributed by atoms with E-state index in [1.807, 2.05) is 14.0 Å². The average Bonchev–Trinajstić information content (AvgIpc) is 2.99. The summed E-state index contributed by atoms with van der Waals surface area (Å²) in [6, 6.07) is -0.194. The third-order valence-electron chi connectivity index (χ3n) is 4.78. The van der Waals surface area contributed by atoms with Crippen molar-refractivity contribution in [2.24, 2.45) is 5.92 Å². The Labute approximate surface area is 129 Å². The molecule has 0 aromatic rings. The number of ether oxygens (including phenoxy) is 1. The summed E-state index contributed by atoms with van der Waals surface area (Å²) in [7, 11) is 1.84. The van der Waals surface area contributed by atoms with Crippen LogP contribution in [-0.2, 0) is 9.53 Å². The van der Waals surface area contributed by atoms with Gasteiger partial charge in [0.05, 0.1) is 6.61 Å². The number of nitrogens with one attached hydrogen (secondary N) is 1. The smallest absolute Gasteiger partial charge is 0.324 e. The van der Waals surface area contributed by atoms with Gasteiger partial charge in [0, 0.05) is 13.1 Å². The SMILES string of the molecule is CCOC(=O)C(CN1CCC(CN2CCCC2)CC1)NC. The molecule has 1 atom stereocenters. The van der Waals surface area contributed by atoms with Gasteiger partial charge in [-0.2, -0.15) is 0 Å². The molecule has 0 aliphatic carbocycles. The Morgan fingerprint density at radius 2 is 1.86 bits per heavy atom. The number of piperidine rings is 1. The van der Waals surface area contributed by atoms with E-state index in [1.54, 1.807) is 0 Å². The maximum atomic E-state index is 11.8. The van der Waals surface area contributed by atoms with Gasteiger partial charge in [0.15, 0.2) is 0 Å². The van der Waals surface area contributed by atoms with E-state index in [0.717, 1.165) is 25.6 Å². The molecule has 1 N–H and O–H groups in total. The minimum atomic E-state index is -0.194. The van der Waals surface area contributed by atoms with Crippen molar-refractivity contribution >= 4 is 5.97 Å². The van der Waals surface area contributed by atoms with Crippen molar-refractivity contribution in [3.8, 4) is 0 Å². The molecule has 122 valence electrons. The van der Waals surface area contributed by atoms with E-state index < -0.39 is 0 Å². The lowest BCUT2D eigenvalue weighted by molar-refractivity contribution is -0.146. The molecule has 2 aliphatic rings. The topological polar surface area (TPSA) is 44.8 Å². The van der Waals surface area contributed by atoms with Gasteiger partial charge in [-0.25, -0.2) is 0 Å². The highest BCUT2D eigenvalue weighted by Crippen LogP contribution is 2.20. The number of rotatable bonds is 7. The van der Waals surface area contributed by atoms with E-state index in [4.69, 9.17) is 4.74 Å². The number of likely N-dealkylation sites (N-methyl/N-ethyl adjacent to an activating group) is 1. The third kappa shape index (κ3) is 5.24. The Kier molecular flexibility index (Phi) is 6.93. The van der Waals surface area contributed by atoms with Crippen molar-refractivity contribution in [2.45, 2.75) is 38.6 Å². The van der Waals surface area contributed by atoms with Crippen molar-refractivity contribution in [3.05, 3.63) is 0 Å². The highest BCUT2D eigenvalue weighted by Gasteiger charge is 2.26. The van der Waals surface area contributed by atoms with E-state index in [-0.39, 0.29) is 12.0 Å². The maximum absolute atomic E-state index is 11.8. The lowest BCUT2D eigenvalue weighted by Gasteiger charge is -2.35. The molecule has 2 rings (SSSR count). The Bertz CT molecular complexity index is 311. The van der Waals surface area contributed by atoms with Crippen LogP contribution in [0.3, 0.4) is 0 Å². The second-order valence-electron chi connectivity index (χ2n) is 6.35. The fourth-order valence-electron chi connectivity index (χ4n) is 3.47. The van der Waals surface area contributed by atoms with Crippen LogP contribution < -0.4 is 5.32 Å². The van der Waals surface area contributed by atoms with Gasteiger partial charge in [-0.1, -0.05) is 0 Å². The van der Waals surface area contributed by atoms with Crippen molar-refractivity contribution in [1.82, 2.24) is 15.1 Å². The van der Waals surface area contributed by atoms with Crippen LogP contribution >= 0.6 is 0 Å². The molecular formula is C16H31N3O2. The number of hydrogen-bond donors (Lipinski definition) is 1. The molecule has 0 amide bonds. The largest absolute Gasteiger partial charge is 0.465 e. The lowest BCUT2D eigenvalue weighted by Crippen LogP contribution is -2.48. The lowest BCUT2D eigenvalue weighted by atomic mass is 9.96. The molecule has 5 heteroatoms. The summed E-state index contributed by atoms with van der Waals surface area (Å²) in [6.07, 6.45) is 5.27. The Hall–Kier alpha value is -0.650. The maximum Gasteiger partial charge on any atom is 0.324 e. The Balaban J connectivity index is 1.68. The summed E-state index contributed by atoms with van der Waals surface area (Å²) in [5, 5.41) is 3.08. The molecule has 0 aromatic carbocycles. The predicted molar refractivity (Wildman–Crippen MR) is 84.3 cm³/mol. The third-order valence-corrected chi connectivity index (χ3v) is 4.78. The fraction of sp³-hybridized carbons (Fsp3) is 0.938. The molecule has 2 fully saturated rings. The summed E-state index contributed by atoms with van der Waals surface area (Å²) in [4.78, 5) is 16.8. The van der Waals surface area contributed by atoms with Crippen LogP contribution in [0.25, 0.3) is 0 Å². The van der Waals surface area contributed by atoms with Crippen LogP contribution in [0.2, 0.25) is 0 Å². The molecular weight excluding hydrogens is 266 g/mol. The molecule has 0 aromatic heterocycles. The molecule has 0 saturated carbocycles. The second kappa shape index (κ2) is 8.71. The molecule has 5 nitrogen and oxygen atoms in total. The first-order chi connectivity index (χ1) is 10.2. The number of nitrogens with zero attached hydrogens (tertiary/aromatic N) is 2. The standard InChI is InChI=1S/C16H31N3O2/c1-3-21-16(20)15(17-2)13-19-10-6-14(7-11-19)12-18-8-4-5-9-18/h14-15,17H,3-13H2,1-2H3. The molecule has 2 saturated heterocycles. The minimum absolute atomic E-state index is 0.126. The zero-order valence-corrected chi connectivity index (χ0v) is 13.6. The Morgan fingerprint density at radius 3 is 2.43 bits per heavy atom. The fourth-order valence-corrected chi connectivity index (χ4v) is 3.47. The van der Waals surface area contributed by atoms with Gasteiger partial charge in [-0.05, 0) is 71.8 Å².